The predicted octanol–water partition coefficient (Wildman–Crippen LogP) is 4.82. The molecule has 0 saturated heterocycles. The first kappa shape index (κ1) is 19.8. The number of carbonyl (C=O) groups is 1. The average molecular weight is 412 g/mol. The lowest BCUT2D eigenvalue weighted by molar-refractivity contribution is -0.124. The SMILES string of the molecule is Cl.O=C(/C=C/c1ccc(Cc2nc3ccc(-c4ccsc4)cc3[nH]2)cc1)NO. The molecule has 7 heteroatoms. The van der Waals surface area contributed by atoms with Crippen LogP contribution in [-0.4, -0.2) is 21.1 Å². The smallest absolute Gasteiger partial charge is 0.267 e. The first-order valence-electron chi connectivity index (χ1n) is 8.43. The second-order valence-electron chi connectivity index (χ2n) is 6.16. The maximum Gasteiger partial charge on any atom is 0.267 e. The molecule has 0 aliphatic carbocycles. The number of benzene rings is 2. The third-order valence-electron chi connectivity index (χ3n) is 4.27. The van der Waals surface area contributed by atoms with E-state index in [9.17, 15) is 4.79 Å². The summed E-state index contributed by atoms with van der Waals surface area (Å²) in [6.07, 6.45) is 3.62. The summed E-state index contributed by atoms with van der Waals surface area (Å²) in [7, 11) is 0. The largest absolute Gasteiger partial charge is 0.342 e. The number of hydrogen-bond acceptors (Lipinski definition) is 4. The molecule has 0 spiro atoms. The summed E-state index contributed by atoms with van der Waals surface area (Å²) in [6.45, 7) is 0. The molecule has 1 amide bonds. The molecule has 3 N–H and O–H groups in total. The lowest BCUT2D eigenvalue weighted by Gasteiger charge is -1.99. The molecule has 0 aliphatic heterocycles. The molecule has 0 fully saturated rings. The van der Waals surface area contributed by atoms with E-state index >= 15 is 0 Å². The summed E-state index contributed by atoms with van der Waals surface area (Å²) in [5, 5.41) is 12.7. The van der Waals surface area contributed by atoms with Crippen molar-refractivity contribution in [3.05, 3.63) is 82.3 Å². The number of amides is 1. The Bertz CT molecular complexity index is 1100. The molecule has 2 aromatic heterocycles. The number of thiophene rings is 1. The fourth-order valence-electron chi connectivity index (χ4n) is 2.90. The number of imidazole rings is 1. The van der Waals surface area contributed by atoms with Gasteiger partial charge in [0.2, 0.25) is 0 Å². The van der Waals surface area contributed by atoms with Crippen molar-refractivity contribution in [3.8, 4) is 11.1 Å². The van der Waals surface area contributed by atoms with Crippen LogP contribution in [0.5, 0.6) is 0 Å². The zero-order valence-electron chi connectivity index (χ0n) is 14.8. The highest BCUT2D eigenvalue weighted by Crippen LogP contribution is 2.25. The number of halogens is 1. The number of fused-ring (bicyclic) bond motifs is 1. The molecule has 0 bridgehead atoms. The molecule has 0 radical (unpaired) electrons. The molecule has 0 aliphatic rings. The highest BCUT2D eigenvalue weighted by Gasteiger charge is 2.06. The Morgan fingerprint density at radius 3 is 2.68 bits per heavy atom. The number of hydroxylamine groups is 1. The lowest BCUT2D eigenvalue weighted by atomic mass is 10.1. The van der Waals surface area contributed by atoms with Crippen LogP contribution in [0.15, 0.2) is 65.4 Å². The van der Waals surface area contributed by atoms with Crippen LogP contribution in [0.4, 0.5) is 0 Å². The highest BCUT2D eigenvalue weighted by molar-refractivity contribution is 7.08. The number of rotatable bonds is 5. The normalized spacial score (nSPS) is 10.9. The predicted molar refractivity (Wildman–Crippen MR) is 115 cm³/mol. The van der Waals surface area contributed by atoms with E-state index in [0.29, 0.717) is 6.42 Å². The minimum absolute atomic E-state index is 0. The van der Waals surface area contributed by atoms with Gasteiger partial charge in [0.1, 0.15) is 5.82 Å². The molecule has 0 atom stereocenters. The monoisotopic (exact) mass is 411 g/mol. The van der Waals surface area contributed by atoms with Crippen LogP contribution in [0.1, 0.15) is 17.0 Å². The summed E-state index contributed by atoms with van der Waals surface area (Å²) in [5.41, 5.74) is 7.96. The quantitative estimate of drug-likeness (QED) is 0.250. The summed E-state index contributed by atoms with van der Waals surface area (Å²) >= 11 is 1.69. The Morgan fingerprint density at radius 1 is 1.14 bits per heavy atom. The summed E-state index contributed by atoms with van der Waals surface area (Å²) < 4.78 is 0. The number of aromatic nitrogens is 2. The van der Waals surface area contributed by atoms with Crippen LogP contribution in [0.2, 0.25) is 0 Å². The third-order valence-corrected chi connectivity index (χ3v) is 4.96. The Balaban J connectivity index is 0.00000225. The number of aromatic amines is 1. The van der Waals surface area contributed by atoms with Gasteiger partial charge in [0, 0.05) is 12.5 Å². The van der Waals surface area contributed by atoms with Gasteiger partial charge in [-0.05, 0) is 57.3 Å². The van der Waals surface area contributed by atoms with Gasteiger partial charge in [0.05, 0.1) is 11.0 Å². The van der Waals surface area contributed by atoms with Gasteiger partial charge in [-0.15, -0.1) is 12.4 Å². The zero-order valence-corrected chi connectivity index (χ0v) is 16.4. The molecular weight excluding hydrogens is 394 g/mol. The van der Waals surface area contributed by atoms with Gasteiger partial charge in [0.15, 0.2) is 0 Å². The number of carbonyl (C=O) groups excluding carboxylic acids is 1. The van der Waals surface area contributed by atoms with E-state index in [-0.39, 0.29) is 12.4 Å². The van der Waals surface area contributed by atoms with Gasteiger partial charge in [-0.1, -0.05) is 30.3 Å². The second kappa shape index (κ2) is 8.84. The average Bonchev–Trinajstić information content (AvgIpc) is 3.36. The van der Waals surface area contributed by atoms with Crippen LogP contribution in [0.25, 0.3) is 28.2 Å². The summed E-state index contributed by atoms with van der Waals surface area (Å²) in [5.74, 6) is 0.360. The van der Waals surface area contributed by atoms with E-state index < -0.39 is 5.91 Å². The van der Waals surface area contributed by atoms with E-state index in [1.54, 1.807) is 22.9 Å². The molecular formula is C21H18ClN3O2S. The molecule has 2 aromatic carbocycles. The highest BCUT2D eigenvalue weighted by atomic mass is 35.5. The topological polar surface area (TPSA) is 78.0 Å². The number of hydrogen-bond donors (Lipinski definition) is 3. The Morgan fingerprint density at radius 2 is 1.96 bits per heavy atom. The Hall–Kier alpha value is -2.93. The third kappa shape index (κ3) is 4.48. The second-order valence-corrected chi connectivity index (χ2v) is 6.94. The lowest BCUT2D eigenvalue weighted by Crippen LogP contribution is -2.14. The molecule has 4 aromatic rings. The molecule has 142 valence electrons. The number of nitrogens with zero attached hydrogens (tertiary/aromatic N) is 1. The van der Waals surface area contributed by atoms with Crippen molar-refractivity contribution in [2.75, 3.05) is 0 Å². The fourth-order valence-corrected chi connectivity index (χ4v) is 3.57. The number of nitrogens with one attached hydrogen (secondary N) is 2. The minimum atomic E-state index is -0.553. The molecule has 4 rings (SSSR count). The first-order valence-corrected chi connectivity index (χ1v) is 9.38. The fraction of sp³-hybridized carbons (Fsp3) is 0.0476. The van der Waals surface area contributed by atoms with Crippen molar-refractivity contribution in [2.45, 2.75) is 6.42 Å². The zero-order chi connectivity index (χ0) is 18.6. The van der Waals surface area contributed by atoms with Crippen LogP contribution in [0, 0.1) is 0 Å². The Kier molecular flexibility index (Phi) is 6.26. The van der Waals surface area contributed by atoms with Gasteiger partial charge >= 0.3 is 0 Å². The van der Waals surface area contributed by atoms with Crippen LogP contribution in [0.3, 0.4) is 0 Å². The van der Waals surface area contributed by atoms with Crippen molar-refractivity contribution in [1.29, 1.82) is 0 Å². The maximum absolute atomic E-state index is 11.0. The molecule has 2 heterocycles. The number of H-pyrrole nitrogens is 1. The van der Waals surface area contributed by atoms with Crippen molar-refractivity contribution in [1.82, 2.24) is 15.4 Å². The van der Waals surface area contributed by atoms with Gasteiger partial charge in [-0.2, -0.15) is 11.3 Å². The van der Waals surface area contributed by atoms with Gasteiger partial charge in [-0.3, -0.25) is 10.0 Å². The van der Waals surface area contributed by atoms with Gasteiger partial charge in [0.25, 0.3) is 5.91 Å². The van der Waals surface area contributed by atoms with E-state index in [4.69, 9.17) is 5.21 Å². The van der Waals surface area contributed by atoms with E-state index in [2.05, 4.69) is 38.9 Å². The van der Waals surface area contributed by atoms with Gasteiger partial charge < -0.3 is 4.98 Å². The molecule has 5 nitrogen and oxygen atoms in total. The van der Waals surface area contributed by atoms with Crippen LogP contribution < -0.4 is 5.48 Å². The van der Waals surface area contributed by atoms with Crippen LogP contribution >= 0.6 is 23.7 Å². The van der Waals surface area contributed by atoms with Crippen molar-refractivity contribution < 1.29 is 10.0 Å². The van der Waals surface area contributed by atoms with E-state index in [0.717, 1.165) is 28.0 Å². The molecule has 0 saturated carbocycles. The van der Waals surface area contributed by atoms with E-state index in [1.807, 2.05) is 30.3 Å². The Labute approximate surface area is 172 Å². The molecule has 0 unspecified atom stereocenters. The van der Waals surface area contributed by atoms with Crippen molar-refractivity contribution in [2.24, 2.45) is 0 Å². The minimum Gasteiger partial charge on any atom is -0.342 e. The van der Waals surface area contributed by atoms with Gasteiger partial charge in [-0.25, -0.2) is 10.5 Å². The first-order chi connectivity index (χ1) is 13.2. The maximum atomic E-state index is 11.0. The summed E-state index contributed by atoms with van der Waals surface area (Å²) in [6, 6.07) is 16.2. The molecule has 28 heavy (non-hydrogen) atoms. The summed E-state index contributed by atoms with van der Waals surface area (Å²) in [4.78, 5) is 19.1. The van der Waals surface area contributed by atoms with Crippen molar-refractivity contribution >= 4 is 46.8 Å². The van der Waals surface area contributed by atoms with E-state index in [1.165, 1.54) is 17.2 Å². The van der Waals surface area contributed by atoms with Crippen molar-refractivity contribution in [3.63, 3.8) is 0 Å². The standard InChI is InChI=1S/C21H17N3O2S.ClH/c25-21(24-26)8-5-14-1-3-15(4-2-14)11-20-22-18-7-6-16(12-19(18)23-20)17-9-10-27-13-17;/h1-10,12-13,26H,11H2,(H,22,23)(H,24,25);1H/b8-5+;. The van der Waals surface area contributed by atoms with Crippen LogP contribution in [-0.2, 0) is 11.2 Å².